The molecule has 1 heterocycles. The summed E-state index contributed by atoms with van der Waals surface area (Å²) in [5.41, 5.74) is 7.02. The van der Waals surface area contributed by atoms with Gasteiger partial charge < -0.3 is 10.3 Å². The van der Waals surface area contributed by atoms with Crippen molar-refractivity contribution in [1.82, 2.24) is 4.57 Å². The molecule has 0 saturated heterocycles. The van der Waals surface area contributed by atoms with E-state index in [0.29, 0.717) is 17.6 Å². The highest BCUT2D eigenvalue weighted by atomic mass is 35.5. The van der Waals surface area contributed by atoms with E-state index in [0.717, 1.165) is 0 Å². The molecule has 0 aliphatic rings. The average Bonchev–Trinajstić information content (AvgIpc) is 3.11. The second kappa shape index (κ2) is 7.93. The minimum Gasteiger partial charge on any atom is -0.398 e. The summed E-state index contributed by atoms with van der Waals surface area (Å²) < 4.78 is 64.2. The van der Waals surface area contributed by atoms with Crippen molar-refractivity contribution in [3.8, 4) is 11.3 Å². The Morgan fingerprint density at radius 3 is 2.25 bits per heavy atom. The first-order valence-electron chi connectivity index (χ1n) is 9.55. The molecule has 0 bridgehead atoms. The molecule has 10 heteroatoms. The number of anilines is 1. The lowest BCUT2D eigenvalue weighted by Crippen LogP contribution is -2.06. The van der Waals surface area contributed by atoms with Gasteiger partial charge in [-0.15, -0.1) is 0 Å². The van der Waals surface area contributed by atoms with Gasteiger partial charge in [0.1, 0.15) is 4.90 Å². The van der Waals surface area contributed by atoms with Crippen molar-refractivity contribution in [3.05, 3.63) is 71.8 Å². The lowest BCUT2D eigenvalue weighted by molar-refractivity contribution is 0.484. The summed E-state index contributed by atoms with van der Waals surface area (Å²) in [5.74, 6) is 0. The number of rotatable bonds is 5. The molecule has 0 radical (unpaired) electrons. The van der Waals surface area contributed by atoms with E-state index in [2.05, 4.69) is 0 Å². The van der Waals surface area contributed by atoms with Crippen LogP contribution in [0.3, 0.4) is 0 Å². The van der Waals surface area contributed by atoms with E-state index in [1.54, 1.807) is 47.9 Å². The van der Waals surface area contributed by atoms with Crippen LogP contribution in [0.2, 0.25) is 5.02 Å². The topological polar surface area (TPSA) is 119 Å². The van der Waals surface area contributed by atoms with Gasteiger partial charge in [0.15, 0.2) is 0 Å². The fourth-order valence-electron chi connectivity index (χ4n) is 3.82. The molecule has 0 saturated carbocycles. The molecule has 1 aromatic heterocycles. The quantitative estimate of drug-likeness (QED) is 0.310. The Balaban J connectivity index is 2.18. The van der Waals surface area contributed by atoms with Crippen LogP contribution in [0.4, 0.5) is 5.69 Å². The number of hydrogen-bond acceptors (Lipinski definition) is 5. The van der Waals surface area contributed by atoms with E-state index in [1.807, 2.05) is 0 Å². The zero-order valence-electron chi connectivity index (χ0n) is 16.9. The van der Waals surface area contributed by atoms with Crippen LogP contribution in [-0.2, 0) is 26.5 Å². The monoisotopic (exact) mass is 490 g/mol. The normalized spacial score (nSPS) is 12.3. The highest BCUT2D eigenvalue weighted by molar-refractivity contribution is 7.92. The largest absolute Gasteiger partial charge is 0.398 e. The first-order chi connectivity index (χ1) is 15.1. The molecule has 3 N–H and O–H groups in total. The third-order valence-corrected chi connectivity index (χ3v) is 8.23. The lowest BCUT2D eigenvalue weighted by Gasteiger charge is -2.09. The molecule has 0 unspecified atom stereocenters. The number of halogens is 1. The van der Waals surface area contributed by atoms with Gasteiger partial charge in [-0.3, -0.25) is 4.55 Å². The molecule has 0 atom stereocenters. The van der Waals surface area contributed by atoms with Gasteiger partial charge in [0.05, 0.1) is 31.7 Å². The molecule has 7 nitrogen and oxygen atoms in total. The van der Waals surface area contributed by atoms with E-state index in [4.69, 9.17) is 17.3 Å². The van der Waals surface area contributed by atoms with Crippen LogP contribution in [0.1, 0.15) is 6.92 Å². The number of sulfone groups is 1. The van der Waals surface area contributed by atoms with Crippen LogP contribution in [-0.4, -0.2) is 26.0 Å². The van der Waals surface area contributed by atoms with Crippen molar-refractivity contribution >= 4 is 48.1 Å². The van der Waals surface area contributed by atoms with Crippen LogP contribution >= 0.6 is 11.6 Å². The molecular weight excluding hydrogens is 472 g/mol. The summed E-state index contributed by atoms with van der Waals surface area (Å²) in [5, 5.41) is -0.0204. The van der Waals surface area contributed by atoms with E-state index < -0.39 is 24.9 Å². The Kier molecular flexibility index (Phi) is 5.54. The van der Waals surface area contributed by atoms with Crippen LogP contribution < -0.4 is 5.73 Å². The number of aromatic nitrogens is 1. The van der Waals surface area contributed by atoms with Crippen molar-refractivity contribution in [2.75, 3.05) is 5.73 Å². The molecule has 0 fully saturated rings. The molecule has 0 aliphatic heterocycles. The summed E-state index contributed by atoms with van der Waals surface area (Å²) in [6, 6.07) is 17.0. The molecule has 4 rings (SSSR count). The molecule has 0 aliphatic carbocycles. The first-order valence-corrected chi connectivity index (χ1v) is 12.9. The summed E-state index contributed by atoms with van der Waals surface area (Å²) in [4.78, 5) is -0.856. The van der Waals surface area contributed by atoms with E-state index in [1.165, 1.54) is 30.3 Å². The number of nitrogen functional groups attached to an aromatic ring is 1. The number of hydrogen-bond donors (Lipinski definition) is 2. The van der Waals surface area contributed by atoms with Crippen molar-refractivity contribution in [2.24, 2.45) is 0 Å². The van der Waals surface area contributed by atoms with E-state index in [-0.39, 0.29) is 31.6 Å². The van der Waals surface area contributed by atoms with Gasteiger partial charge in [0.25, 0.3) is 10.1 Å². The van der Waals surface area contributed by atoms with Crippen LogP contribution in [0.25, 0.3) is 22.2 Å². The fourth-order valence-corrected chi connectivity index (χ4v) is 6.58. The molecule has 0 amide bonds. The Labute approximate surface area is 190 Å². The van der Waals surface area contributed by atoms with Gasteiger partial charge in [-0.1, -0.05) is 48.0 Å². The van der Waals surface area contributed by atoms with Gasteiger partial charge in [-0.05, 0) is 42.8 Å². The first kappa shape index (κ1) is 22.3. The minimum absolute atomic E-state index is 0.0596. The predicted octanol–water partition coefficient (Wildman–Crippen LogP) is 4.64. The Hall–Kier alpha value is -2.85. The maximum atomic E-state index is 13.6. The zero-order valence-corrected chi connectivity index (χ0v) is 19.2. The summed E-state index contributed by atoms with van der Waals surface area (Å²) in [7, 11) is -9.02. The standard InChI is InChI=1S/C22H19ClN2O5S2/c1-2-25-18-9-6-10-19(31(26,27)15-11-12-17(24)16(23)13-15)20(18)22(32(28,29)30)21(25)14-7-4-3-5-8-14/h3-13H,2,24H2,1H3,(H,28,29,30). The van der Waals surface area contributed by atoms with Crippen LogP contribution in [0, 0.1) is 0 Å². The Morgan fingerprint density at radius 2 is 1.66 bits per heavy atom. The van der Waals surface area contributed by atoms with Crippen LogP contribution in [0.5, 0.6) is 0 Å². The number of nitrogens with two attached hydrogens (primary N) is 1. The minimum atomic E-state index is -4.81. The van der Waals surface area contributed by atoms with Gasteiger partial charge in [0, 0.05) is 11.9 Å². The number of nitrogens with zero attached hydrogens (tertiary/aromatic N) is 1. The van der Waals surface area contributed by atoms with E-state index >= 15 is 0 Å². The van der Waals surface area contributed by atoms with Crippen LogP contribution in [0.15, 0.2) is 81.4 Å². The highest BCUT2D eigenvalue weighted by Crippen LogP contribution is 2.41. The number of fused-ring (bicyclic) bond motifs is 1. The van der Waals surface area contributed by atoms with Gasteiger partial charge >= 0.3 is 0 Å². The average molecular weight is 491 g/mol. The maximum absolute atomic E-state index is 13.6. The third-order valence-electron chi connectivity index (χ3n) is 5.20. The molecule has 32 heavy (non-hydrogen) atoms. The number of benzene rings is 3. The molecule has 3 aromatic carbocycles. The maximum Gasteiger partial charge on any atom is 0.297 e. The molecule has 4 aromatic rings. The van der Waals surface area contributed by atoms with Crippen molar-refractivity contribution in [3.63, 3.8) is 0 Å². The Bertz CT molecular complexity index is 1560. The Morgan fingerprint density at radius 1 is 0.969 bits per heavy atom. The lowest BCUT2D eigenvalue weighted by atomic mass is 10.1. The SMILES string of the molecule is CCn1c(-c2ccccc2)c(S(=O)(=O)O)c2c(S(=O)(=O)c3ccc(N)c(Cl)c3)cccc21. The molecule has 166 valence electrons. The predicted molar refractivity (Wildman–Crippen MR) is 124 cm³/mol. The zero-order chi connectivity index (χ0) is 23.3. The number of aryl methyl sites for hydroxylation is 1. The van der Waals surface area contributed by atoms with Gasteiger partial charge in [-0.25, -0.2) is 8.42 Å². The third kappa shape index (κ3) is 3.57. The summed E-state index contributed by atoms with van der Waals surface area (Å²) in [6.45, 7) is 2.15. The van der Waals surface area contributed by atoms with E-state index in [9.17, 15) is 21.4 Å². The second-order valence-corrected chi connectivity index (χ2v) is 10.8. The summed E-state index contributed by atoms with van der Waals surface area (Å²) >= 11 is 6.03. The summed E-state index contributed by atoms with van der Waals surface area (Å²) in [6.07, 6.45) is 0. The van der Waals surface area contributed by atoms with Gasteiger partial charge in [-0.2, -0.15) is 8.42 Å². The van der Waals surface area contributed by atoms with Crippen molar-refractivity contribution < 1.29 is 21.4 Å². The fraction of sp³-hybridized carbons (Fsp3) is 0.0909. The molecule has 0 spiro atoms. The van der Waals surface area contributed by atoms with Crippen molar-refractivity contribution in [2.45, 2.75) is 28.2 Å². The van der Waals surface area contributed by atoms with Gasteiger partial charge in [0.2, 0.25) is 9.84 Å². The second-order valence-electron chi connectivity index (χ2n) is 7.10. The highest BCUT2D eigenvalue weighted by Gasteiger charge is 2.32. The molecular formula is C22H19ClN2O5S2. The smallest absolute Gasteiger partial charge is 0.297 e. The van der Waals surface area contributed by atoms with Crippen molar-refractivity contribution in [1.29, 1.82) is 0 Å².